The van der Waals surface area contributed by atoms with Gasteiger partial charge in [0.1, 0.15) is 4.90 Å². The van der Waals surface area contributed by atoms with Gasteiger partial charge < -0.3 is 5.11 Å². The summed E-state index contributed by atoms with van der Waals surface area (Å²) in [6.45, 7) is 1.79. The van der Waals surface area contributed by atoms with Crippen molar-refractivity contribution in [2.24, 2.45) is 0 Å². The van der Waals surface area contributed by atoms with E-state index in [2.05, 4.69) is 14.9 Å². The molecule has 1 aliphatic carbocycles. The number of nitrogens with one attached hydrogen (secondary N) is 2. The van der Waals surface area contributed by atoms with Crippen LogP contribution in [0.3, 0.4) is 0 Å². The van der Waals surface area contributed by atoms with Gasteiger partial charge in [-0.3, -0.25) is 5.10 Å². The van der Waals surface area contributed by atoms with Crippen molar-refractivity contribution in [1.29, 1.82) is 0 Å². The van der Waals surface area contributed by atoms with Gasteiger partial charge in [0.25, 0.3) is 0 Å². The summed E-state index contributed by atoms with van der Waals surface area (Å²) in [6, 6.07) is 0. The molecule has 9 heteroatoms. The van der Waals surface area contributed by atoms with E-state index in [-0.39, 0.29) is 15.3 Å². The third kappa shape index (κ3) is 2.77. The molecule has 0 aromatic carbocycles. The second-order valence-corrected chi connectivity index (χ2v) is 7.52. The normalized spacial score (nSPS) is 17.4. The predicted molar refractivity (Wildman–Crippen MR) is 71.0 cm³/mol. The minimum absolute atomic E-state index is 0.0336. The molecule has 1 aromatic heterocycles. The minimum atomic E-state index is -3.86. The van der Waals surface area contributed by atoms with Crippen LogP contribution in [0, 0.1) is 6.92 Å². The van der Waals surface area contributed by atoms with Gasteiger partial charge in [0, 0.05) is 11.3 Å². The van der Waals surface area contributed by atoms with Crippen molar-refractivity contribution in [2.45, 2.75) is 29.4 Å². The number of carbonyl (C=O) groups is 1. The molecule has 0 aliphatic heterocycles. The van der Waals surface area contributed by atoms with E-state index < -0.39 is 21.7 Å². The number of sulfonamides is 1. The first-order valence-electron chi connectivity index (χ1n) is 5.64. The first kappa shape index (κ1) is 14.4. The third-order valence-corrected chi connectivity index (χ3v) is 6.17. The molecule has 2 rings (SSSR count). The third-order valence-electron chi connectivity index (χ3n) is 3.19. The highest BCUT2D eigenvalue weighted by molar-refractivity contribution is 8.00. The molecule has 0 radical (unpaired) electrons. The van der Waals surface area contributed by atoms with Crippen molar-refractivity contribution >= 4 is 27.8 Å². The molecule has 19 heavy (non-hydrogen) atoms. The smallest absolute Gasteiger partial charge is 0.357 e. The Bertz CT molecular complexity index is 604. The Morgan fingerprint density at radius 1 is 1.58 bits per heavy atom. The fourth-order valence-corrected chi connectivity index (χ4v) is 4.05. The zero-order chi connectivity index (χ0) is 14.3. The molecular formula is C10H15N3O4S2. The van der Waals surface area contributed by atoms with E-state index in [0.29, 0.717) is 6.54 Å². The fraction of sp³-hybridized carbons (Fsp3) is 0.600. The van der Waals surface area contributed by atoms with E-state index in [4.69, 9.17) is 5.11 Å². The second-order valence-electron chi connectivity index (χ2n) is 4.54. The Morgan fingerprint density at radius 3 is 2.68 bits per heavy atom. The van der Waals surface area contributed by atoms with Gasteiger partial charge in [-0.1, -0.05) is 0 Å². The molecule has 1 fully saturated rings. The van der Waals surface area contributed by atoms with Gasteiger partial charge in [0.05, 0.1) is 5.69 Å². The number of aromatic amines is 1. The van der Waals surface area contributed by atoms with Gasteiger partial charge in [0.2, 0.25) is 10.0 Å². The molecule has 3 N–H and O–H groups in total. The lowest BCUT2D eigenvalue weighted by molar-refractivity contribution is 0.0686. The summed E-state index contributed by atoms with van der Waals surface area (Å²) in [5, 5.41) is 14.9. The molecule has 7 nitrogen and oxygen atoms in total. The highest BCUT2D eigenvalue weighted by atomic mass is 32.2. The number of hydrogen-bond acceptors (Lipinski definition) is 5. The molecule has 1 heterocycles. The molecule has 1 aromatic rings. The summed E-state index contributed by atoms with van der Waals surface area (Å²) >= 11 is 1.62. The van der Waals surface area contributed by atoms with Crippen molar-refractivity contribution in [2.75, 3.05) is 12.8 Å². The Kier molecular flexibility index (Phi) is 3.63. The number of aromatic carboxylic acids is 1. The molecule has 1 saturated carbocycles. The van der Waals surface area contributed by atoms with Crippen LogP contribution < -0.4 is 4.72 Å². The van der Waals surface area contributed by atoms with E-state index in [1.54, 1.807) is 11.8 Å². The maximum Gasteiger partial charge on any atom is 0.357 e. The molecule has 0 amide bonds. The average Bonchev–Trinajstić information content (AvgIpc) is 3.02. The van der Waals surface area contributed by atoms with Gasteiger partial charge in [0.15, 0.2) is 5.69 Å². The maximum absolute atomic E-state index is 12.2. The quantitative estimate of drug-likeness (QED) is 0.709. The number of carboxylic acids is 1. The average molecular weight is 305 g/mol. The standard InChI is InChI=1S/C10H15N3O4S2/c1-6-8(7(9(14)15)13-12-6)19(16,17)11-5-10(18-2)3-4-10/h11H,3-5H2,1-2H3,(H,12,13)(H,14,15). The van der Waals surface area contributed by atoms with Gasteiger partial charge in [-0.2, -0.15) is 16.9 Å². The maximum atomic E-state index is 12.2. The lowest BCUT2D eigenvalue weighted by atomic mass is 10.4. The number of hydrogen-bond donors (Lipinski definition) is 3. The zero-order valence-electron chi connectivity index (χ0n) is 10.6. The minimum Gasteiger partial charge on any atom is -0.476 e. The second kappa shape index (κ2) is 4.80. The van der Waals surface area contributed by atoms with Gasteiger partial charge in [-0.25, -0.2) is 17.9 Å². The number of thioether (sulfide) groups is 1. The van der Waals surface area contributed by atoms with Crippen molar-refractivity contribution in [3.63, 3.8) is 0 Å². The summed E-state index contributed by atoms with van der Waals surface area (Å²) in [4.78, 5) is 10.7. The molecule has 0 unspecified atom stereocenters. The lowest BCUT2D eigenvalue weighted by Gasteiger charge is -2.13. The predicted octanol–water partition coefficient (Wildman–Crippen LogP) is 0.590. The Balaban J connectivity index is 2.24. The number of nitrogens with zero attached hydrogens (tertiary/aromatic N) is 1. The highest BCUT2D eigenvalue weighted by Gasteiger charge is 2.43. The van der Waals surface area contributed by atoms with Crippen LogP contribution in [0.1, 0.15) is 29.0 Å². The molecule has 0 saturated heterocycles. The molecule has 0 spiro atoms. The van der Waals surface area contributed by atoms with Crippen molar-refractivity contribution in [1.82, 2.24) is 14.9 Å². The SMILES string of the molecule is CSC1(CNS(=O)(=O)c2c(C(=O)O)n[nH]c2C)CC1. The Labute approximate surface area is 115 Å². The van der Waals surface area contributed by atoms with Crippen LogP contribution >= 0.6 is 11.8 Å². The van der Waals surface area contributed by atoms with Crippen LogP contribution in [-0.4, -0.2) is 47.2 Å². The van der Waals surface area contributed by atoms with E-state index in [9.17, 15) is 13.2 Å². The van der Waals surface area contributed by atoms with Crippen LogP contribution in [0.5, 0.6) is 0 Å². The summed E-state index contributed by atoms with van der Waals surface area (Å²) < 4.78 is 26.8. The van der Waals surface area contributed by atoms with Crippen LogP contribution in [0.25, 0.3) is 0 Å². The number of aromatic nitrogens is 2. The summed E-state index contributed by atoms with van der Waals surface area (Å²) in [7, 11) is -3.86. The van der Waals surface area contributed by atoms with E-state index in [0.717, 1.165) is 12.8 Å². The number of H-pyrrole nitrogens is 1. The summed E-state index contributed by atoms with van der Waals surface area (Å²) in [5.41, 5.74) is -0.252. The molecule has 0 bridgehead atoms. The Hall–Kier alpha value is -1.06. The molecular weight excluding hydrogens is 290 g/mol. The van der Waals surface area contributed by atoms with E-state index in [1.807, 2.05) is 6.26 Å². The van der Waals surface area contributed by atoms with Crippen molar-refractivity contribution in [3.8, 4) is 0 Å². The molecule has 106 valence electrons. The Morgan fingerprint density at radius 2 is 2.21 bits per heavy atom. The van der Waals surface area contributed by atoms with E-state index in [1.165, 1.54) is 6.92 Å². The van der Waals surface area contributed by atoms with Crippen molar-refractivity contribution < 1.29 is 18.3 Å². The summed E-state index contributed by atoms with van der Waals surface area (Å²) in [5.74, 6) is -1.37. The lowest BCUT2D eigenvalue weighted by Crippen LogP contribution is -2.32. The van der Waals surface area contributed by atoms with Gasteiger partial charge in [-0.15, -0.1) is 0 Å². The first-order valence-corrected chi connectivity index (χ1v) is 8.35. The number of carboxylic acid groups (broad SMARTS) is 1. The molecule has 0 atom stereocenters. The van der Waals surface area contributed by atoms with Gasteiger partial charge >= 0.3 is 5.97 Å². The summed E-state index contributed by atoms with van der Waals surface area (Å²) in [6.07, 6.45) is 3.87. The van der Waals surface area contributed by atoms with Crippen molar-refractivity contribution in [3.05, 3.63) is 11.4 Å². The van der Waals surface area contributed by atoms with Gasteiger partial charge in [-0.05, 0) is 26.0 Å². The highest BCUT2D eigenvalue weighted by Crippen LogP contribution is 2.46. The van der Waals surface area contributed by atoms with Crippen LogP contribution in [0.4, 0.5) is 0 Å². The zero-order valence-corrected chi connectivity index (χ0v) is 12.2. The monoisotopic (exact) mass is 305 g/mol. The molecule has 1 aliphatic rings. The van der Waals surface area contributed by atoms with E-state index >= 15 is 0 Å². The number of rotatable bonds is 6. The van der Waals surface area contributed by atoms with Crippen LogP contribution in [-0.2, 0) is 10.0 Å². The largest absolute Gasteiger partial charge is 0.476 e. The first-order chi connectivity index (χ1) is 8.81. The van der Waals surface area contributed by atoms with Crippen LogP contribution in [0.2, 0.25) is 0 Å². The fourth-order valence-electron chi connectivity index (χ4n) is 1.78. The number of aryl methyl sites for hydroxylation is 1. The topological polar surface area (TPSA) is 112 Å². The van der Waals surface area contributed by atoms with Crippen LogP contribution in [0.15, 0.2) is 4.90 Å².